The standard InChI is InChI=1S/C11H18N2O/c1-3-4-5-8-11(14)12-10-7-6-9-13(10)2/h6-7,9H,3-5,8H2,1-2H3,(H,12,14). The first kappa shape index (κ1) is 10.8. The lowest BCUT2D eigenvalue weighted by Crippen LogP contribution is -2.13. The number of anilines is 1. The maximum Gasteiger partial charge on any atom is 0.225 e. The van der Waals surface area contributed by atoms with Crippen LogP contribution in [0.2, 0.25) is 0 Å². The van der Waals surface area contributed by atoms with Gasteiger partial charge in [-0.2, -0.15) is 0 Å². The Hall–Kier alpha value is -1.25. The summed E-state index contributed by atoms with van der Waals surface area (Å²) in [6.07, 6.45) is 5.80. The number of unbranched alkanes of at least 4 members (excludes halogenated alkanes) is 2. The third-order valence-electron chi connectivity index (χ3n) is 2.22. The second-order valence-electron chi connectivity index (χ2n) is 3.51. The molecule has 0 unspecified atom stereocenters. The number of aromatic nitrogens is 1. The predicted molar refractivity (Wildman–Crippen MR) is 58.2 cm³/mol. The number of nitrogens with one attached hydrogen (secondary N) is 1. The van der Waals surface area contributed by atoms with Gasteiger partial charge in [0.1, 0.15) is 5.82 Å². The molecule has 0 spiro atoms. The fraction of sp³-hybridized carbons (Fsp3) is 0.545. The molecule has 3 heteroatoms. The summed E-state index contributed by atoms with van der Waals surface area (Å²) in [5.74, 6) is 0.978. The van der Waals surface area contributed by atoms with Gasteiger partial charge >= 0.3 is 0 Å². The van der Waals surface area contributed by atoms with Crippen LogP contribution in [-0.4, -0.2) is 10.5 Å². The number of rotatable bonds is 5. The van der Waals surface area contributed by atoms with Crippen molar-refractivity contribution in [3.8, 4) is 0 Å². The first-order valence-electron chi connectivity index (χ1n) is 5.15. The molecule has 0 radical (unpaired) electrons. The molecule has 1 rings (SSSR count). The third-order valence-corrected chi connectivity index (χ3v) is 2.22. The fourth-order valence-corrected chi connectivity index (χ4v) is 1.33. The Bertz CT molecular complexity index is 291. The summed E-state index contributed by atoms with van der Waals surface area (Å²) in [5, 5.41) is 2.87. The summed E-state index contributed by atoms with van der Waals surface area (Å²) in [4.78, 5) is 11.4. The van der Waals surface area contributed by atoms with Gasteiger partial charge in [-0.05, 0) is 18.6 Å². The summed E-state index contributed by atoms with van der Waals surface area (Å²) in [7, 11) is 1.92. The zero-order valence-electron chi connectivity index (χ0n) is 8.92. The van der Waals surface area contributed by atoms with E-state index < -0.39 is 0 Å². The summed E-state index contributed by atoms with van der Waals surface area (Å²) < 4.78 is 1.90. The van der Waals surface area contributed by atoms with E-state index in [2.05, 4.69) is 12.2 Å². The second kappa shape index (κ2) is 5.47. The predicted octanol–water partition coefficient (Wildman–Crippen LogP) is 2.54. The molecule has 1 heterocycles. The molecule has 0 fully saturated rings. The molecule has 0 aromatic carbocycles. The maximum atomic E-state index is 11.4. The van der Waals surface area contributed by atoms with Gasteiger partial charge in [0.2, 0.25) is 5.91 Å². The van der Waals surface area contributed by atoms with Crippen LogP contribution in [0.25, 0.3) is 0 Å². The summed E-state index contributed by atoms with van der Waals surface area (Å²) >= 11 is 0. The fourth-order valence-electron chi connectivity index (χ4n) is 1.33. The molecule has 0 atom stereocenters. The Morgan fingerprint density at radius 2 is 2.29 bits per heavy atom. The zero-order valence-corrected chi connectivity index (χ0v) is 8.92. The number of amides is 1. The van der Waals surface area contributed by atoms with E-state index in [4.69, 9.17) is 0 Å². The Morgan fingerprint density at radius 3 is 2.86 bits per heavy atom. The Labute approximate surface area is 85.1 Å². The number of nitrogens with zero attached hydrogens (tertiary/aromatic N) is 1. The van der Waals surface area contributed by atoms with E-state index in [1.54, 1.807) is 0 Å². The van der Waals surface area contributed by atoms with Gasteiger partial charge in [-0.25, -0.2) is 0 Å². The average Bonchev–Trinajstić information content (AvgIpc) is 2.52. The van der Waals surface area contributed by atoms with E-state index in [1.807, 2.05) is 29.9 Å². The van der Waals surface area contributed by atoms with Crippen molar-refractivity contribution in [1.29, 1.82) is 0 Å². The SMILES string of the molecule is CCCCCC(=O)Nc1cccn1C. The molecule has 0 saturated heterocycles. The van der Waals surface area contributed by atoms with Gasteiger partial charge in [-0.1, -0.05) is 19.8 Å². The van der Waals surface area contributed by atoms with Crippen molar-refractivity contribution < 1.29 is 4.79 Å². The highest BCUT2D eigenvalue weighted by Crippen LogP contribution is 2.07. The molecule has 1 aromatic heterocycles. The minimum atomic E-state index is 0.111. The highest BCUT2D eigenvalue weighted by Gasteiger charge is 2.03. The molecule has 0 aliphatic carbocycles. The van der Waals surface area contributed by atoms with E-state index in [9.17, 15) is 4.79 Å². The lowest BCUT2D eigenvalue weighted by atomic mass is 10.2. The number of carbonyl (C=O) groups is 1. The van der Waals surface area contributed by atoms with Crippen LogP contribution in [0.5, 0.6) is 0 Å². The molecule has 3 nitrogen and oxygen atoms in total. The van der Waals surface area contributed by atoms with Crippen LogP contribution in [0.3, 0.4) is 0 Å². The number of hydrogen-bond donors (Lipinski definition) is 1. The van der Waals surface area contributed by atoms with E-state index in [0.29, 0.717) is 6.42 Å². The van der Waals surface area contributed by atoms with Gasteiger partial charge in [-0.15, -0.1) is 0 Å². The van der Waals surface area contributed by atoms with Crippen LogP contribution in [0.4, 0.5) is 5.82 Å². The van der Waals surface area contributed by atoms with Crippen LogP contribution in [0.15, 0.2) is 18.3 Å². The van der Waals surface area contributed by atoms with E-state index in [0.717, 1.165) is 25.1 Å². The van der Waals surface area contributed by atoms with Crippen molar-refractivity contribution in [1.82, 2.24) is 4.57 Å². The largest absolute Gasteiger partial charge is 0.338 e. The molecule has 0 aliphatic heterocycles. The van der Waals surface area contributed by atoms with Gasteiger partial charge in [0.05, 0.1) is 0 Å². The zero-order chi connectivity index (χ0) is 10.4. The topological polar surface area (TPSA) is 34.0 Å². The van der Waals surface area contributed by atoms with Crippen LogP contribution in [0.1, 0.15) is 32.6 Å². The van der Waals surface area contributed by atoms with Gasteiger partial charge < -0.3 is 9.88 Å². The van der Waals surface area contributed by atoms with Crippen LogP contribution in [0, 0.1) is 0 Å². The quantitative estimate of drug-likeness (QED) is 0.718. The lowest BCUT2D eigenvalue weighted by Gasteiger charge is -2.05. The normalized spacial score (nSPS) is 10.1. The van der Waals surface area contributed by atoms with Crippen molar-refractivity contribution in [3.63, 3.8) is 0 Å². The Balaban J connectivity index is 2.31. The average molecular weight is 194 g/mol. The summed E-state index contributed by atoms with van der Waals surface area (Å²) in [6, 6.07) is 3.82. The number of hydrogen-bond acceptors (Lipinski definition) is 1. The number of carbonyl (C=O) groups excluding carboxylic acids is 1. The molecule has 0 bridgehead atoms. The van der Waals surface area contributed by atoms with Gasteiger partial charge in [-0.3, -0.25) is 4.79 Å². The van der Waals surface area contributed by atoms with Gasteiger partial charge in [0, 0.05) is 19.7 Å². The van der Waals surface area contributed by atoms with E-state index in [-0.39, 0.29) is 5.91 Å². The molecule has 1 aromatic rings. The van der Waals surface area contributed by atoms with Crippen molar-refractivity contribution in [2.45, 2.75) is 32.6 Å². The lowest BCUT2D eigenvalue weighted by molar-refractivity contribution is -0.116. The first-order chi connectivity index (χ1) is 6.74. The van der Waals surface area contributed by atoms with Crippen molar-refractivity contribution in [2.75, 3.05) is 5.32 Å². The number of aryl methyl sites for hydroxylation is 1. The summed E-state index contributed by atoms with van der Waals surface area (Å²) in [6.45, 7) is 2.13. The Kier molecular flexibility index (Phi) is 4.23. The first-order valence-corrected chi connectivity index (χ1v) is 5.15. The minimum Gasteiger partial charge on any atom is -0.338 e. The highest BCUT2D eigenvalue weighted by molar-refractivity contribution is 5.89. The highest BCUT2D eigenvalue weighted by atomic mass is 16.1. The summed E-state index contributed by atoms with van der Waals surface area (Å²) in [5.41, 5.74) is 0. The van der Waals surface area contributed by atoms with E-state index >= 15 is 0 Å². The molecule has 14 heavy (non-hydrogen) atoms. The monoisotopic (exact) mass is 194 g/mol. The maximum absolute atomic E-state index is 11.4. The van der Waals surface area contributed by atoms with Gasteiger partial charge in [0.15, 0.2) is 0 Å². The van der Waals surface area contributed by atoms with Crippen LogP contribution >= 0.6 is 0 Å². The third kappa shape index (κ3) is 3.24. The van der Waals surface area contributed by atoms with Crippen molar-refractivity contribution in [2.24, 2.45) is 7.05 Å². The molecule has 1 amide bonds. The molecular weight excluding hydrogens is 176 g/mol. The minimum absolute atomic E-state index is 0.111. The molecular formula is C11H18N2O. The smallest absolute Gasteiger partial charge is 0.225 e. The molecule has 0 aliphatic rings. The van der Waals surface area contributed by atoms with Crippen LogP contribution < -0.4 is 5.32 Å². The van der Waals surface area contributed by atoms with Crippen molar-refractivity contribution in [3.05, 3.63) is 18.3 Å². The Morgan fingerprint density at radius 1 is 1.50 bits per heavy atom. The molecule has 1 N–H and O–H groups in total. The van der Waals surface area contributed by atoms with Crippen molar-refractivity contribution >= 4 is 11.7 Å². The second-order valence-corrected chi connectivity index (χ2v) is 3.51. The van der Waals surface area contributed by atoms with E-state index in [1.165, 1.54) is 0 Å². The van der Waals surface area contributed by atoms with Gasteiger partial charge in [0.25, 0.3) is 0 Å². The van der Waals surface area contributed by atoms with Crippen LogP contribution in [-0.2, 0) is 11.8 Å². The molecule has 0 saturated carbocycles. The molecule has 78 valence electrons.